The van der Waals surface area contributed by atoms with E-state index >= 15 is 0 Å². The van der Waals surface area contributed by atoms with Crippen LogP contribution in [0.2, 0.25) is 0 Å². The molecule has 0 radical (unpaired) electrons. The number of nitrogens with one attached hydrogen (secondary N) is 1. The summed E-state index contributed by atoms with van der Waals surface area (Å²) in [7, 11) is -5.14. The zero-order valence-electron chi connectivity index (χ0n) is 40.5. The molecule has 0 aromatic rings. The van der Waals surface area contributed by atoms with E-state index in [9.17, 15) is 50.0 Å². The highest BCUT2D eigenvalue weighted by Crippen LogP contribution is 2.47. The predicted molar refractivity (Wildman–Crippen MR) is 257 cm³/mol. The van der Waals surface area contributed by atoms with Crippen molar-refractivity contribution >= 4 is 13.7 Å². The summed E-state index contributed by atoms with van der Waals surface area (Å²) in [6.45, 7) is 3.77. The van der Waals surface area contributed by atoms with Crippen molar-refractivity contribution in [2.75, 3.05) is 6.61 Å². The molecule has 1 fully saturated rings. The minimum Gasteiger partial charge on any atom is -0.393 e. The fraction of sp³-hybridized carbons (Fsp3) is 0.940. The largest absolute Gasteiger partial charge is 0.472 e. The first-order valence-corrected chi connectivity index (χ1v) is 27.7. The number of unbranched alkanes of at least 4 members (excludes halogenated alkanes) is 31. The van der Waals surface area contributed by atoms with Gasteiger partial charge in [0.2, 0.25) is 5.91 Å². The minimum atomic E-state index is -5.14. The number of hydrogen-bond acceptors (Lipinski definition) is 11. The number of allylic oxidation sites excluding steroid dienone is 1. The van der Waals surface area contributed by atoms with Gasteiger partial charge in [0, 0.05) is 0 Å². The van der Waals surface area contributed by atoms with E-state index < -0.39 is 75.2 Å². The molecule has 14 heteroatoms. The van der Waals surface area contributed by atoms with Crippen molar-refractivity contribution in [2.45, 2.75) is 293 Å². The minimum absolute atomic E-state index is 0.240. The molecule has 8 unspecified atom stereocenters. The molecule has 1 rings (SSSR count). The van der Waals surface area contributed by atoms with Crippen LogP contribution >= 0.6 is 7.82 Å². The van der Waals surface area contributed by atoms with Gasteiger partial charge < -0.3 is 46.0 Å². The van der Waals surface area contributed by atoms with Crippen molar-refractivity contribution in [1.82, 2.24) is 5.32 Å². The van der Waals surface area contributed by atoms with E-state index in [1.807, 2.05) is 0 Å². The van der Waals surface area contributed by atoms with E-state index in [-0.39, 0.29) is 6.42 Å². The summed E-state index contributed by atoms with van der Waals surface area (Å²) in [5.41, 5.74) is 0. The first-order chi connectivity index (χ1) is 30.8. The van der Waals surface area contributed by atoms with Gasteiger partial charge in [-0.1, -0.05) is 225 Å². The average molecular weight is 936 g/mol. The second kappa shape index (κ2) is 40.0. The zero-order chi connectivity index (χ0) is 47.3. The SMILES string of the molecule is CCCCCCCCCCCCCCCCCCCC/C=C/C(O)C(COP(=O)(O)OC1C(O)C(O)C(O)C(O)C1O)NC(=O)CC(O)CCCCCCCCCCCCCCCC. The Labute approximate surface area is 389 Å². The third-order valence-corrected chi connectivity index (χ3v) is 13.9. The molecular weight excluding hydrogens is 838 g/mol. The highest BCUT2D eigenvalue weighted by atomic mass is 31.2. The monoisotopic (exact) mass is 936 g/mol. The van der Waals surface area contributed by atoms with Gasteiger partial charge in [0.05, 0.1) is 31.3 Å². The van der Waals surface area contributed by atoms with Gasteiger partial charge in [0.15, 0.2) is 0 Å². The van der Waals surface area contributed by atoms with Crippen LogP contribution in [-0.2, 0) is 18.4 Å². The third-order valence-electron chi connectivity index (χ3n) is 12.9. The molecule has 9 N–H and O–H groups in total. The van der Waals surface area contributed by atoms with E-state index in [1.165, 1.54) is 167 Å². The molecule has 1 saturated carbocycles. The lowest BCUT2D eigenvalue weighted by Gasteiger charge is -2.41. The van der Waals surface area contributed by atoms with Crippen LogP contribution in [0.5, 0.6) is 0 Å². The number of aliphatic hydroxyl groups excluding tert-OH is 7. The summed E-state index contributed by atoms with van der Waals surface area (Å²) in [6.07, 6.45) is 30.1. The maximum atomic E-state index is 13.0. The first-order valence-electron chi connectivity index (χ1n) is 26.2. The number of aliphatic hydroxyl groups is 7. The van der Waals surface area contributed by atoms with Crippen LogP contribution in [0.1, 0.15) is 239 Å². The maximum Gasteiger partial charge on any atom is 0.472 e. The van der Waals surface area contributed by atoms with Gasteiger partial charge in [-0.2, -0.15) is 0 Å². The summed E-state index contributed by atoms with van der Waals surface area (Å²) in [6, 6.07) is -1.24. The molecule has 0 heterocycles. The summed E-state index contributed by atoms with van der Waals surface area (Å²) >= 11 is 0. The summed E-state index contributed by atoms with van der Waals surface area (Å²) in [5, 5.41) is 74.7. The Morgan fingerprint density at radius 1 is 0.547 bits per heavy atom. The van der Waals surface area contributed by atoms with E-state index in [2.05, 4.69) is 19.2 Å². The predicted octanol–water partition coefficient (Wildman–Crippen LogP) is 9.76. The first kappa shape index (κ1) is 61.1. The van der Waals surface area contributed by atoms with E-state index in [1.54, 1.807) is 6.08 Å². The Bertz CT molecular complexity index is 1150. The maximum absolute atomic E-state index is 13.0. The van der Waals surface area contributed by atoms with Crippen LogP contribution in [0, 0.1) is 0 Å². The van der Waals surface area contributed by atoms with Crippen molar-refractivity contribution < 1.29 is 59.0 Å². The van der Waals surface area contributed by atoms with Gasteiger partial charge in [-0.15, -0.1) is 0 Å². The fourth-order valence-electron chi connectivity index (χ4n) is 8.60. The molecule has 0 bridgehead atoms. The lowest BCUT2D eigenvalue weighted by Crippen LogP contribution is -2.64. The van der Waals surface area contributed by atoms with Crippen molar-refractivity contribution in [3.8, 4) is 0 Å². The van der Waals surface area contributed by atoms with Crippen molar-refractivity contribution in [1.29, 1.82) is 0 Å². The molecular formula is C50H98NO12P. The van der Waals surface area contributed by atoms with Gasteiger partial charge in [0.25, 0.3) is 0 Å². The highest BCUT2D eigenvalue weighted by molar-refractivity contribution is 7.47. The van der Waals surface area contributed by atoms with Crippen LogP contribution in [0.15, 0.2) is 12.2 Å². The lowest BCUT2D eigenvalue weighted by atomic mass is 9.85. The number of phosphoric ester groups is 1. The molecule has 380 valence electrons. The van der Waals surface area contributed by atoms with E-state index in [0.717, 1.165) is 44.9 Å². The van der Waals surface area contributed by atoms with Crippen molar-refractivity contribution in [3.63, 3.8) is 0 Å². The Hall–Kier alpha value is -0.960. The van der Waals surface area contributed by atoms with Crippen LogP contribution in [0.25, 0.3) is 0 Å². The molecule has 8 atom stereocenters. The molecule has 64 heavy (non-hydrogen) atoms. The number of carbonyl (C=O) groups excluding carboxylic acids is 1. The number of amides is 1. The van der Waals surface area contributed by atoms with Gasteiger partial charge in [0.1, 0.15) is 36.6 Å². The van der Waals surface area contributed by atoms with Gasteiger partial charge in [-0.05, 0) is 19.3 Å². The molecule has 13 nitrogen and oxygen atoms in total. The van der Waals surface area contributed by atoms with Gasteiger partial charge in [-0.25, -0.2) is 4.57 Å². The number of phosphoric acid groups is 1. The lowest BCUT2D eigenvalue weighted by molar-refractivity contribution is -0.220. The van der Waals surface area contributed by atoms with E-state index in [0.29, 0.717) is 12.8 Å². The third kappa shape index (κ3) is 31.2. The van der Waals surface area contributed by atoms with E-state index in [4.69, 9.17) is 9.05 Å². The van der Waals surface area contributed by atoms with Crippen LogP contribution in [0.3, 0.4) is 0 Å². The Kier molecular flexibility index (Phi) is 38.1. The van der Waals surface area contributed by atoms with Crippen LogP contribution in [-0.4, -0.2) is 108 Å². The molecule has 0 spiro atoms. The summed E-state index contributed by atoms with van der Waals surface area (Å²) < 4.78 is 22.9. The standard InChI is InChI=1S/C50H98NO12P/c1-3-5-7-9-11-13-15-17-19-20-21-22-23-24-26-28-30-32-34-36-38-43(53)42(40-62-64(60,61)63-50-48(58)46(56)45(55)47(57)49(50)59)51-44(54)39-41(52)37-35-33-31-29-27-25-18-16-14-12-10-8-6-4-2/h36,38,41-43,45-50,52-53,55-59H,3-35,37,39-40H2,1-2H3,(H,51,54)(H,60,61)/b38-36+. The smallest absolute Gasteiger partial charge is 0.393 e. The normalized spacial score (nSPS) is 22.7. The summed E-state index contributed by atoms with van der Waals surface area (Å²) in [4.78, 5) is 23.5. The average Bonchev–Trinajstić information content (AvgIpc) is 3.27. The number of hydrogen-bond donors (Lipinski definition) is 9. The highest BCUT2D eigenvalue weighted by Gasteiger charge is 2.51. The fourth-order valence-corrected chi connectivity index (χ4v) is 9.56. The molecule has 0 aliphatic heterocycles. The molecule has 0 aromatic heterocycles. The quantitative estimate of drug-likeness (QED) is 0.0158. The van der Waals surface area contributed by atoms with Crippen LogP contribution in [0.4, 0.5) is 0 Å². The Balaban J connectivity index is 2.48. The second-order valence-corrected chi connectivity index (χ2v) is 20.3. The zero-order valence-corrected chi connectivity index (χ0v) is 41.4. The van der Waals surface area contributed by atoms with Crippen molar-refractivity contribution in [3.05, 3.63) is 12.2 Å². The number of carbonyl (C=O) groups is 1. The second-order valence-electron chi connectivity index (χ2n) is 18.9. The van der Waals surface area contributed by atoms with Gasteiger partial charge in [-0.3, -0.25) is 13.8 Å². The molecule has 0 saturated heterocycles. The van der Waals surface area contributed by atoms with Crippen LogP contribution < -0.4 is 5.32 Å². The number of rotatable bonds is 44. The molecule has 1 aliphatic carbocycles. The molecule has 1 amide bonds. The summed E-state index contributed by atoms with van der Waals surface area (Å²) in [5.74, 6) is -0.588. The molecule has 1 aliphatic rings. The Morgan fingerprint density at radius 2 is 0.891 bits per heavy atom. The molecule has 0 aromatic carbocycles. The topological polar surface area (TPSA) is 226 Å². The Morgan fingerprint density at radius 3 is 1.28 bits per heavy atom. The van der Waals surface area contributed by atoms with Gasteiger partial charge >= 0.3 is 7.82 Å². The van der Waals surface area contributed by atoms with Crippen molar-refractivity contribution in [2.24, 2.45) is 0 Å².